The number of sulfonamides is 1. The first-order valence-electron chi connectivity index (χ1n) is 9.61. The normalized spacial score (nSPS) is 12.1. The van der Waals surface area contributed by atoms with Gasteiger partial charge >= 0.3 is 0 Å². The molecule has 0 bridgehead atoms. The average Bonchev–Trinajstić information content (AvgIpc) is 2.78. The average molecular weight is 457 g/mol. The number of rotatable bonds is 9. The van der Waals surface area contributed by atoms with Gasteiger partial charge in [0.1, 0.15) is 5.75 Å². The number of amides is 1. The molecule has 8 heteroatoms. The van der Waals surface area contributed by atoms with Crippen LogP contribution in [0.5, 0.6) is 5.75 Å². The van der Waals surface area contributed by atoms with Crippen LogP contribution in [0.15, 0.2) is 88.7 Å². The number of para-hydroxylation sites is 1. The highest BCUT2D eigenvalue weighted by Gasteiger charge is 2.15. The molecular formula is C23H24N2O4S2. The first-order valence-corrected chi connectivity index (χ1v) is 12.3. The predicted molar refractivity (Wildman–Crippen MR) is 124 cm³/mol. The van der Waals surface area contributed by atoms with E-state index in [2.05, 4.69) is 10.0 Å². The van der Waals surface area contributed by atoms with Crippen molar-refractivity contribution in [3.8, 4) is 5.75 Å². The van der Waals surface area contributed by atoms with E-state index in [9.17, 15) is 13.2 Å². The molecule has 31 heavy (non-hydrogen) atoms. The Balaban J connectivity index is 1.53. The minimum atomic E-state index is -3.70. The van der Waals surface area contributed by atoms with Crippen molar-refractivity contribution >= 4 is 33.4 Å². The molecule has 0 spiro atoms. The number of nitrogens with one attached hydrogen (secondary N) is 2. The number of ether oxygens (including phenoxy) is 1. The fraction of sp³-hybridized carbons (Fsp3) is 0.174. The topological polar surface area (TPSA) is 84.5 Å². The standard InChI is InChI=1S/C23H24N2O4S2/c1-17(18-8-12-21(30-2)13-9-18)24-23(26)16-29-20-10-14-22(15-11-20)31(27,28)25-19-6-4-3-5-7-19/h3-15,17,25H,16H2,1-2H3,(H,24,26). The molecule has 0 saturated carbocycles. The third-order valence-electron chi connectivity index (χ3n) is 4.52. The van der Waals surface area contributed by atoms with E-state index < -0.39 is 10.0 Å². The summed E-state index contributed by atoms with van der Waals surface area (Å²) in [5, 5.41) is 2.89. The molecular weight excluding hydrogens is 432 g/mol. The molecule has 0 radical (unpaired) electrons. The van der Waals surface area contributed by atoms with Crippen molar-refractivity contribution in [1.29, 1.82) is 0 Å². The minimum Gasteiger partial charge on any atom is -0.484 e. The van der Waals surface area contributed by atoms with E-state index in [1.54, 1.807) is 36.0 Å². The van der Waals surface area contributed by atoms with Crippen LogP contribution in [0.1, 0.15) is 18.5 Å². The fourth-order valence-corrected chi connectivity index (χ4v) is 4.31. The lowest BCUT2D eigenvalue weighted by molar-refractivity contribution is -0.123. The van der Waals surface area contributed by atoms with Crippen LogP contribution in [0, 0.1) is 0 Å². The summed E-state index contributed by atoms with van der Waals surface area (Å²) in [6.45, 7) is 1.74. The van der Waals surface area contributed by atoms with Crippen LogP contribution in [-0.4, -0.2) is 27.2 Å². The maximum Gasteiger partial charge on any atom is 0.261 e. The maximum absolute atomic E-state index is 12.5. The second kappa shape index (κ2) is 10.4. The van der Waals surface area contributed by atoms with Gasteiger partial charge in [-0.1, -0.05) is 30.3 Å². The summed E-state index contributed by atoms with van der Waals surface area (Å²) in [4.78, 5) is 13.5. The number of anilines is 1. The van der Waals surface area contributed by atoms with Gasteiger partial charge < -0.3 is 10.1 Å². The van der Waals surface area contributed by atoms with Gasteiger partial charge in [-0.2, -0.15) is 0 Å². The van der Waals surface area contributed by atoms with E-state index >= 15 is 0 Å². The highest BCUT2D eigenvalue weighted by molar-refractivity contribution is 7.98. The number of benzene rings is 3. The summed E-state index contributed by atoms with van der Waals surface area (Å²) in [5.74, 6) is 0.148. The summed E-state index contributed by atoms with van der Waals surface area (Å²) in [6, 6.07) is 22.4. The van der Waals surface area contributed by atoms with E-state index in [4.69, 9.17) is 4.74 Å². The van der Waals surface area contributed by atoms with E-state index in [1.807, 2.05) is 43.5 Å². The van der Waals surface area contributed by atoms with Gasteiger partial charge in [0, 0.05) is 10.6 Å². The number of carbonyl (C=O) groups excluding carboxylic acids is 1. The molecule has 6 nitrogen and oxygen atoms in total. The molecule has 0 aromatic heterocycles. The van der Waals surface area contributed by atoms with Crippen LogP contribution in [0.3, 0.4) is 0 Å². The molecule has 1 unspecified atom stereocenters. The summed E-state index contributed by atoms with van der Waals surface area (Å²) in [7, 11) is -3.70. The Hall–Kier alpha value is -2.97. The molecule has 3 aromatic carbocycles. The predicted octanol–water partition coefficient (Wildman–Crippen LogP) is 4.47. The summed E-state index contributed by atoms with van der Waals surface area (Å²) in [6.07, 6.45) is 2.01. The summed E-state index contributed by atoms with van der Waals surface area (Å²) < 4.78 is 32.9. The molecule has 1 amide bonds. The molecule has 0 saturated heterocycles. The lowest BCUT2D eigenvalue weighted by Gasteiger charge is -2.15. The van der Waals surface area contributed by atoms with Gasteiger partial charge in [0.15, 0.2) is 6.61 Å². The van der Waals surface area contributed by atoms with E-state index in [0.29, 0.717) is 11.4 Å². The first-order chi connectivity index (χ1) is 14.9. The SMILES string of the molecule is CSc1ccc(C(C)NC(=O)COc2ccc(S(=O)(=O)Nc3ccccc3)cc2)cc1. The molecule has 3 aromatic rings. The van der Waals surface area contributed by atoms with Gasteiger partial charge in [-0.05, 0) is 67.3 Å². The van der Waals surface area contributed by atoms with Crippen LogP contribution in [0.2, 0.25) is 0 Å². The van der Waals surface area contributed by atoms with Gasteiger partial charge in [0.2, 0.25) is 0 Å². The van der Waals surface area contributed by atoms with Gasteiger partial charge in [-0.3, -0.25) is 9.52 Å². The molecule has 3 rings (SSSR count). The zero-order chi connectivity index (χ0) is 22.3. The van der Waals surface area contributed by atoms with E-state index in [-0.39, 0.29) is 23.5 Å². The van der Waals surface area contributed by atoms with Gasteiger partial charge in [0.25, 0.3) is 15.9 Å². The zero-order valence-electron chi connectivity index (χ0n) is 17.2. The van der Waals surface area contributed by atoms with Crippen molar-refractivity contribution in [3.05, 3.63) is 84.4 Å². The zero-order valence-corrected chi connectivity index (χ0v) is 18.9. The highest BCUT2D eigenvalue weighted by Crippen LogP contribution is 2.20. The van der Waals surface area contributed by atoms with Crippen molar-refractivity contribution in [3.63, 3.8) is 0 Å². The molecule has 162 valence electrons. The van der Waals surface area contributed by atoms with Crippen LogP contribution in [-0.2, 0) is 14.8 Å². The van der Waals surface area contributed by atoms with E-state index in [1.165, 1.54) is 24.3 Å². The van der Waals surface area contributed by atoms with Crippen molar-refractivity contribution in [1.82, 2.24) is 5.32 Å². The molecule has 0 aliphatic rings. The summed E-state index contributed by atoms with van der Waals surface area (Å²) in [5.41, 5.74) is 1.49. The first kappa shape index (κ1) is 22.7. The molecule has 0 fully saturated rings. The number of thioether (sulfide) groups is 1. The fourth-order valence-electron chi connectivity index (χ4n) is 2.84. The third kappa shape index (κ3) is 6.50. The van der Waals surface area contributed by atoms with Crippen molar-refractivity contribution in [2.75, 3.05) is 17.6 Å². The lowest BCUT2D eigenvalue weighted by Crippen LogP contribution is -2.31. The number of carbonyl (C=O) groups is 1. The van der Waals surface area contributed by atoms with E-state index in [0.717, 1.165) is 10.5 Å². The second-order valence-corrected chi connectivity index (χ2v) is 9.36. The van der Waals surface area contributed by atoms with Crippen molar-refractivity contribution < 1.29 is 17.9 Å². The second-order valence-electron chi connectivity index (χ2n) is 6.79. The van der Waals surface area contributed by atoms with Crippen LogP contribution in [0.4, 0.5) is 5.69 Å². The quantitative estimate of drug-likeness (QED) is 0.464. The maximum atomic E-state index is 12.5. The largest absolute Gasteiger partial charge is 0.484 e. The third-order valence-corrected chi connectivity index (χ3v) is 6.66. The Labute approximate surface area is 187 Å². The van der Waals surface area contributed by atoms with Crippen LogP contribution in [0.25, 0.3) is 0 Å². The monoisotopic (exact) mass is 456 g/mol. The van der Waals surface area contributed by atoms with Crippen molar-refractivity contribution in [2.45, 2.75) is 22.8 Å². The van der Waals surface area contributed by atoms with Crippen LogP contribution < -0.4 is 14.8 Å². The molecule has 0 heterocycles. The minimum absolute atomic E-state index is 0.107. The van der Waals surface area contributed by atoms with Gasteiger partial charge in [-0.25, -0.2) is 8.42 Å². The Morgan fingerprint density at radius 3 is 2.23 bits per heavy atom. The van der Waals surface area contributed by atoms with Gasteiger partial charge in [-0.15, -0.1) is 11.8 Å². The van der Waals surface area contributed by atoms with Gasteiger partial charge in [0.05, 0.1) is 10.9 Å². The smallest absolute Gasteiger partial charge is 0.261 e. The lowest BCUT2D eigenvalue weighted by atomic mass is 10.1. The molecule has 1 atom stereocenters. The summed E-state index contributed by atoms with van der Waals surface area (Å²) >= 11 is 1.66. The van der Waals surface area contributed by atoms with Crippen molar-refractivity contribution in [2.24, 2.45) is 0 Å². The Morgan fingerprint density at radius 2 is 1.61 bits per heavy atom. The Kier molecular flexibility index (Phi) is 7.59. The molecule has 2 N–H and O–H groups in total. The molecule has 0 aliphatic carbocycles. The molecule has 0 aliphatic heterocycles. The van der Waals surface area contributed by atoms with Crippen LogP contribution >= 0.6 is 11.8 Å². The highest BCUT2D eigenvalue weighted by atomic mass is 32.2. The Bertz CT molecular complexity index is 1100. The Morgan fingerprint density at radius 1 is 0.968 bits per heavy atom. The number of hydrogen-bond acceptors (Lipinski definition) is 5. The number of hydrogen-bond donors (Lipinski definition) is 2.